The Morgan fingerprint density at radius 2 is 2.13 bits per heavy atom. The van der Waals surface area contributed by atoms with Crippen LogP contribution in [0.1, 0.15) is 18.9 Å². The SMILES string of the molecule is O=C(CSc1nnnn1C1CC1)Nc1ccc(OC(F)F)cc1. The van der Waals surface area contributed by atoms with Gasteiger partial charge in [-0.3, -0.25) is 4.79 Å². The Balaban J connectivity index is 1.50. The van der Waals surface area contributed by atoms with Gasteiger partial charge in [0, 0.05) is 5.69 Å². The highest BCUT2D eigenvalue weighted by atomic mass is 32.2. The number of benzene rings is 1. The minimum Gasteiger partial charge on any atom is -0.435 e. The highest BCUT2D eigenvalue weighted by molar-refractivity contribution is 7.99. The van der Waals surface area contributed by atoms with Crippen LogP contribution in [0.3, 0.4) is 0 Å². The molecule has 23 heavy (non-hydrogen) atoms. The van der Waals surface area contributed by atoms with Crippen molar-refractivity contribution in [2.45, 2.75) is 30.7 Å². The van der Waals surface area contributed by atoms with E-state index in [-0.39, 0.29) is 17.4 Å². The van der Waals surface area contributed by atoms with Gasteiger partial charge in [-0.25, -0.2) is 4.68 Å². The molecule has 0 spiro atoms. The van der Waals surface area contributed by atoms with Gasteiger partial charge in [0.2, 0.25) is 11.1 Å². The summed E-state index contributed by atoms with van der Waals surface area (Å²) in [4.78, 5) is 11.9. The number of carbonyl (C=O) groups excluding carboxylic acids is 1. The van der Waals surface area contributed by atoms with E-state index in [2.05, 4.69) is 25.6 Å². The number of nitrogens with zero attached hydrogens (tertiary/aromatic N) is 4. The fraction of sp³-hybridized carbons (Fsp3) is 0.385. The molecule has 1 fully saturated rings. The summed E-state index contributed by atoms with van der Waals surface area (Å²) >= 11 is 1.25. The fourth-order valence-corrected chi connectivity index (χ4v) is 2.62. The van der Waals surface area contributed by atoms with Crippen LogP contribution in [0.25, 0.3) is 0 Å². The van der Waals surface area contributed by atoms with Crippen molar-refractivity contribution in [1.29, 1.82) is 0 Å². The average Bonchev–Trinajstić information content (AvgIpc) is 3.25. The van der Waals surface area contributed by atoms with Crippen LogP contribution in [0, 0.1) is 0 Å². The number of anilines is 1. The molecule has 1 amide bonds. The van der Waals surface area contributed by atoms with Crippen molar-refractivity contribution < 1.29 is 18.3 Å². The van der Waals surface area contributed by atoms with Crippen molar-refractivity contribution in [2.75, 3.05) is 11.1 Å². The molecule has 0 atom stereocenters. The number of halogens is 2. The van der Waals surface area contributed by atoms with E-state index in [0.717, 1.165) is 12.8 Å². The van der Waals surface area contributed by atoms with E-state index in [1.165, 1.54) is 36.0 Å². The lowest BCUT2D eigenvalue weighted by atomic mass is 10.3. The summed E-state index contributed by atoms with van der Waals surface area (Å²) in [6.07, 6.45) is 2.11. The van der Waals surface area contributed by atoms with E-state index in [1.807, 2.05) is 0 Å². The van der Waals surface area contributed by atoms with Crippen molar-refractivity contribution in [3.05, 3.63) is 24.3 Å². The third-order valence-electron chi connectivity index (χ3n) is 3.05. The van der Waals surface area contributed by atoms with Crippen LogP contribution < -0.4 is 10.1 Å². The molecule has 0 bridgehead atoms. The molecule has 2 aromatic rings. The van der Waals surface area contributed by atoms with Gasteiger partial charge in [0.05, 0.1) is 11.8 Å². The first-order valence-electron chi connectivity index (χ1n) is 6.87. The van der Waals surface area contributed by atoms with Crippen molar-refractivity contribution in [2.24, 2.45) is 0 Å². The monoisotopic (exact) mass is 341 g/mol. The molecule has 122 valence electrons. The van der Waals surface area contributed by atoms with Gasteiger partial charge in [-0.15, -0.1) is 5.10 Å². The molecule has 1 N–H and O–H groups in total. The summed E-state index contributed by atoms with van der Waals surface area (Å²) in [6.45, 7) is -2.87. The zero-order chi connectivity index (χ0) is 16.2. The van der Waals surface area contributed by atoms with Gasteiger partial charge in [0.15, 0.2) is 0 Å². The molecule has 1 saturated carbocycles. The first-order valence-corrected chi connectivity index (χ1v) is 7.86. The molecule has 0 unspecified atom stereocenters. The maximum atomic E-state index is 12.0. The van der Waals surface area contributed by atoms with Crippen LogP contribution in [0.15, 0.2) is 29.4 Å². The Morgan fingerprint density at radius 1 is 1.39 bits per heavy atom. The number of nitrogens with one attached hydrogen (secondary N) is 1. The number of tetrazole rings is 1. The minimum absolute atomic E-state index is 0.0379. The Labute approximate surface area is 134 Å². The molecule has 1 aliphatic rings. The number of aromatic nitrogens is 4. The predicted octanol–water partition coefficient (Wildman–Crippen LogP) is 2.34. The molecule has 1 aromatic carbocycles. The summed E-state index contributed by atoms with van der Waals surface area (Å²) in [6, 6.07) is 6.06. The van der Waals surface area contributed by atoms with Crippen LogP contribution in [0.4, 0.5) is 14.5 Å². The third kappa shape index (κ3) is 4.38. The zero-order valence-electron chi connectivity index (χ0n) is 11.9. The highest BCUT2D eigenvalue weighted by Gasteiger charge is 2.28. The molecule has 1 aromatic heterocycles. The maximum Gasteiger partial charge on any atom is 0.387 e. The Kier molecular flexibility index (Phi) is 4.70. The Hall–Kier alpha value is -2.23. The molecule has 7 nitrogen and oxygen atoms in total. The van der Waals surface area contributed by atoms with Crippen molar-refractivity contribution in [3.8, 4) is 5.75 Å². The number of hydrogen-bond acceptors (Lipinski definition) is 6. The van der Waals surface area contributed by atoms with Gasteiger partial charge in [0.25, 0.3) is 0 Å². The second-order valence-corrected chi connectivity index (χ2v) is 5.82. The third-order valence-corrected chi connectivity index (χ3v) is 3.98. The van der Waals surface area contributed by atoms with Crippen molar-refractivity contribution in [1.82, 2.24) is 20.2 Å². The average molecular weight is 341 g/mol. The molecule has 1 aliphatic carbocycles. The highest BCUT2D eigenvalue weighted by Crippen LogP contribution is 2.36. The lowest BCUT2D eigenvalue weighted by Gasteiger charge is -2.07. The van der Waals surface area contributed by atoms with Crippen molar-refractivity contribution in [3.63, 3.8) is 0 Å². The second-order valence-electron chi connectivity index (χ2n) is 4.88. The van der Waals surface area contributed by atoms with Gasteiger partial charge >= 0.3 is 6.61 Å². The molecule has 10 heteroatoms. The van der Waals surface area contributed by atoms with E-state index in [9.17, 15) is 13.6 Å². The summed E-state index contributed by atoms with van der Waals surface area (Å²) in [7, 11) is 0. The molecular weight excluding hydrogens is 328 g/mol. The van der Waals surface area contributed by atoms with E-state index < -0.39 is 6.61 Å². The molecule has 0 saturated heterocycles. The summed E-state index contributed by atoms with van der Waals surface area (Å²) in [5.74, 6) is -0.0404. The van der Waals surface area contributed by atoms with Crippen LogP contribution in [-0.2, 0) is 4.79 Å². The molecule has 1 heterocycles. The van der Waals surface area contributed by atoms with Crippen LogP contribution in [0.2, 0.25) is 0 Å². The van der Waals surface area contributed by atoms with Crippen molar-refractivity contribution >= 4 is 23.4 Å². The standard InChI is InChI=1S/C13H13F2N5O2S/c14-12(15)22-10-5-1-8(2-6-10)16-11(21)7-23-13-17-18-19-20(13)9-3-4-9/h1-2,5-6,9,12H,3-4,7H2,(H,16,21). The number of alkyl halides is 2. The summed E-state index contributed by atoms with van der Waals surface area (Å²) < 4.78 is 30.1. The molecular formula is C13H13F2N5O2S. The lowest BCUT2D eigenvalue weighted by molar-refractivity contribution is -0.113. The maximum absolute atomic E-state index is 12.0. The number of hydrogen-bond donors (Lipinski definition) is 1. The zero-order valence-corrected chi connectivity index (χ0v) is 12.7. The summed E-state index contributed by atoms with van der Waals surface area (Å²) in [5, 5.41) is 14.7. The Bertz CT molecular complexity index is 675. The van der Waals surface area contributed by atoms with Crippen LogP contribution in [0.5, 0.6) is 5.75 Å². The minimum atomic E-state index is -2.87. The Morgan fingerprint density at radius 3 is 2.78 bits per heavy atom. The number of carbonyl (C=O) groups is 1. The number of thioether (sulfide) groups is 1. The second kappa shape index (κ2) is 6.90. The number of amides is 1. The van der Waals surface area contributed by atoms with E-state index >= 15 is 0 Å². The normalized spacial score (nSPS) is 14.0. The fourth-order valence-electron chi connectivity index (χ4n) is 1.88. The van der Waals surface area contributed by atoms with Crippen LogP contribution >= 0.6 is 11.8 Å². The van der Waals surface area contributed by atoms with Gasteiger partial charge in [-0.2, -0.15) is 8.78 Å². The largest absolute Gasteiger partial charge is 0.435 e. The van der Waals surface area contributed by atoms with Gasteiger partial charge in [-0.05, 0) is 47.5 Å². The van der Waals surface area contributed by atoms with E-state index in [0.29, 0.717) is 16.9 Å². The van der Waals surface area contributed by atoms with Crippen LogP contribution in [-0.4, -0.2) is 38.5 Å². The molecule has 0 aliphatic heterocycles. The first kappa shape index (κ1) is 15.7. The molecule has 3 rings (SSSR count). The lowest BCUT2D eigenvalue weighted by Crippen LogP contribution is -2.14. The first-order chi connectivity index (χ1) is 11.1. The predicted molar refractivity (Wildman–Crippen MR) is 78.5 cm³/mol. The smallest absolute Gasteiger partial charge is 0.387 e. The van der Waals surface area contributed by atoms with Gasteiger partial charge < -0.3 is 10.1 Å². The van der Waals surface area contributed by atoms with E-state index in [1.54, 1.807) is 4.68 Å². The van der Waals surface area contributed by atoms with Gasteiger partial charge in [0.1, 0.15) is 5.75 Å². The topological polar surface area (TPSA) is 81.9 Å². The number of rotatable bonds is 7. The number of ether oxygens (including phenoxy) is 1. The molecule has 0 radical (unpaired) electrons. The quantitative estimate of drug-likeness (QED) is 0.779. The van der Waals surface area contributed by atoms with Gasteiger partial charge in [-0.1, -0.05) is 11.8 Å². The summed E-state index contributed by atoms with van der Waals surface area (Å²) in [5.41, 5.74) is 0.499. The van der Waals surface area contributed by atoms with E-state index in [4.69, 9.17) is 0 Å².